The topological polar surface area (TPSA) is 48.3 Å². The summed E-state index contributed by atoms with van der Waals surface area (Å²) in [7, 11) is 0. The van der Waals surface area contributed by atoms with Crippen LogP contribution >= 0.6 is 0 Å². The predicted molar refractivity (Wildman–Crippen MR) is 95.9 cm³/mol. The molecule has 124 valence electrons. The van der Waals surface area contributed by atoms with Gasteiger partial charge in [-0.2, -0.15) is 0 Å². The van der Waals surface area contributed by atoms with Gasteiger partial charge in [-0.25, -0.2) is 0 Å². The Kier molecular flexibility index (Phi) is 4.89. The van der Waals surface area contributed by atoms with E-state index in [1.54, 1.807) is 6.92 Å². The maximum Gasteiger partial charge on any atom is 0.159 e. The van der Waals surface area contributed by atoms with Crippen molar-refractivity contribution in [2.75, 3.05) is 31.1 Å². The molecule has 0 N–H and O–H groups in total. The zero-order valence-electron chi connectivity index (χ0n) is 14.1. The largest absolute Gasteiger partial charge is 0.368 e. The monoisotopic (exact) mass is 322 g/mol. The SMILES string of the molecule is CC(=O)c1ccc(N2CCN(N=Nc3ccc(C)cc3)CC2)cc1. The molecule has 5 heteroatoms. The minimum atomic E-state index is 0.0999. The number of hydrogen-bond acceptors (Lipinski definition) is 4. The van der Waals surface area contributed by atoms with Gasteiger partial charge in [-0.1, -0.05) is 22.9 Å². The van der Waals surface area contributed by atoms with Gasteiger partial charge < -0.3 is 4.90 Å². The van der Waals surface area contributed by atoms with Crippen molar-refractivity contribution in [3.63, 3.8) is 0 Å². The number of piperazine rings is 1. The third-order valence-electron chi connectivity index (χ3n) is 4.22. The molecule has 0 aliphatic carbocycles. The summed E-state index contributed by atoms with van der Waals surface area (Å²) in [6, 6.07) is 15.8. The molecule has 1 aliphatic heterocycles. The van der Waals surface area contributed by atoms with Crippen molar-refractivity contribution in [1.29, 1.82) is 0 Å². The van der Waals surface area contributed by atoms with Crippen molar-refractivity contribution < 1.29 is 4.79 Å². The van der Waals surface area contributed by atoms with E-state index in [4.69, 9.17) is 0 Å². The molecule has 1 saturated heterocycles. The molecular formula is C19H22N4O. The van der Waals surface area contributed by atoms with Crippen LogP contribution in [-0.2, 0) is 0 Å². The average Bonchev–Trinajstić information content (AvgIpc) is 2.62. The molecule has 0 aromatic heterocycles. The van der Waals surface area contributed by atoms with E-state index in [1.165, 1.54) is 5.56 Å². The smallest absolute Gasteiger partial charge is 0.159 e. The van der Waals surface area contributed by atoms with Crippen molar-refractivity contribution in [1.82, 2.24) is 5.01 Å². The maximum absolute atomic E-state index is 11.3. The lowest BCUT2D eigenvalue weighted by molar-refractivity contribution is 0.101. The predicted octanol–water partition coefficient (Wildman–Crippen LogP) is 4.02. The quantitative estimate of drug-likeness (QED) is 0.631. The van der Waals surface area contributed by atoms with E-state index in [9.17, 15) is 4.79 Å². The summed E-state index contributed by atoms with van der Waals surface area (Å²) in [5.41, 5.74) is 4.00. The molecule has 0 spiro atoms. The van der Waals surface area contributed by atoms with Crippen LogP contribution < -0.4 is 4.90 Å². The van der Waals surface area contributed by atoms with Crippen molar-refractivity contribution in [3.8, 4) is 0 Å². The lowest BCUT2D eigenvalue weighted by atomic mass is 10.1. The lowest BCUT2D eigenvalue weighted by Crippen LogP contribution is -2.43. The zero-order valence-corrected chi connectivity index (χ0v) is 14.1. The maximum atomic E-state index is 11.3. The van der Waals surface area contributed by atoms with Crippen molar-refractivity contribution in [2.24, 2.45) is 10.3 Å². The molecule has 0 amide bonds. The number of hydrogen-bond donors (Lipinski definition) is 0. The second kappa shape index (κ2) is 7.25. The van der Waals surface area contributed by atoms with Crippen LogP contribution in [0.1, 0.15) is 22.8 Å². The minimum absolute atomic E-state index is 0.0999. The van der Waals surface area contributed by atoms with Gasteiger partial charge >= 0.3 is 0 Å². The summed E-state index contributed by atoms with van der Waals surface area (Å²) in [5, 5.41) is 10.6. The van der Waals surface area contributed by atoms with Gasteiger partial charge in [0, 0.05) is 24.3 Å². The highest BCUT2D eigenvalue weighted by atomic mass is 16.1. The Hall–Kier alpha value is -2.69. The van der Waals surface area contributed by atoms with Gasteiger partial charge in [0.25, 0.3) is 0 Å². The highest BCUT2D eigenvalue weighted by Crippen LogP contribution is 2.19. The zero-order chi connectivity index (χ0) is 16.9. The van der Waals surface area contributed by atoms with Gasteiger partial charge in [0.15, 0.2) is 5.78 Å². The molecule has 2 aromatic carbocycles. The summed E-state index contributed by atoms with van der Waals surface area (Å²) in [6.07, 6.45) is 0. The number of carbonyl (C=O) groups is 1. The first-order valence-electron chi connectivity index (χ1n) is 8.21. The number of nitrogens with zero attached hydrogens (tertiary/aromatic N) is 4. The van der Waals surface area contributed by atoms with Crippen molar-refractivity contribution in [3.05, 3.63) is 59.7 Å². The van der Waals surface area contributed by atoms with Gasteiger partial charge in [0.05, 0.1) is 18.8 Å². The van der Waals surface area contributed by atoms with Gasteiger partial charge in [0.2, 0.25) is 0 Å². The number of carbonyl (C=O) groups excluding carboxylic acids is 1. The van der Waals surface area contributed by atoms with Crippen LogP contribution in [-0.4, -0.2) is 37.0 Å². The van der Waals surface area contributed by atoms with Crippen molar-refractivity contribution >= 4 is 17.2 Å². The van der Waals surface area contributed by atoms with Crippen LogP contribution in [0.3, 0.4) is 0 Å². The van der Waals surface area contributed by atoms with Crippen LogP contribution in [0.25, 0.3) is 0 Å². The highest BCUT2D eigenvalue weighted by Gasteiger charge is 2.16. The molecular weight excluding hydrogens is 300 g/mol. The van der Waals surface area contributed by atoms with Crippen LogP contribution in [0.4, 0.5) is 11.4 Å². The number of ketones is 1. The van der Waals surface area contributed by atoms with E-state index in [-0.39, 0.29) is 5.78 Å². The Balaban J connectivity index is 1.55. The first-order chi connectivity index (χ1) is 11.6. The first-order valence-corrected chi connectivity index (χ1v) is 8.21. The van der Waals surface area contributed by atoms with Crippen molar-refractivity contribution in [2.45, 2.75) is 13.8 Å². The summed E-state index contributed by atoms with van der Waals surface area (Å²) in [5.74, 6) is 0.0999. The number of benzene rings is 2. The summed E-state index contributed by atoms with van der Waals surface area (Å²) in [4.78, 5) is 13.6. The summed E-state index contributed by atoms with van der Waals surface area (Å²) >= 11 is 0. The Morgan fingerprint density at radius 3 is 2.12 bits per heavy atom. The van der Waals surface area contributed by atoms with Gasteiger partial charge in [-0.05, 0) is 50.2 Å². The molecule has 0 atom stereocenters. The van der Waals surface area contributed by atoms with E-state index in [2.05, 4.69) is 22.2 Å². The Labute approximate surface area is 142 Å². The number of rotatable bonds is 4. The number of Topliss-reactive ketones (excluding diaryl/α,β-unsaturated/α-hetero) is 1. The van der Waals surface area contributed by atoms with E-state index in [0.717, 1.165) is 43.1 Å². The Morgan fingerprint density at radius 1 is 0.917 bits per heavy atom. The van der Waals surface area contributed by atoms with E-state index < -0.39 is 0 Å². The molecule has 5 nitrogen and oxygen atoms in total. The highest BCUT2D eigenvalue weighted by molar-refractivity contribution is 5.94. The Bertz CT molecular complexity index is 714. The van der Waals surface area contributed by atoms with Crippen LogP contribution in [0.15, 0.2) is 58.9 Å². The standard InChI is InChI=1S/C19H22N4O/c1-15-3-7-18(8-4-15)20-21-23-13-11-22(12-14-23)19-9-5-17(6-10-19)16(2)24/h3-10H,11-14H2,1-2H3. The molecule has 1 heterocycles. The molecule has 0 unspecified atom stereocenters. The molecule has 24 heavy (non-hydrogen) atoms. The fraction of sp³-hybridized carbons (Fsp3) is 0.316. The molecule has 1 fully saturated rings. The number of aryl methyl sites for hydroxylation is 1. The fourth-order valence-electron chi connectivity index (χ4n) is 2.68. The van der Waals surface area contributed by atoms with Gasteiger partial charge in [0.1, 0.15) is 0 Å². The summed E-state index contributed by atoms with van der Waals surface area (Å²) in [6.45, 7) is 7.11. The second-order valence-corrected chi connectivity index (χ2v) is 6.07. The van der Waals surface area contributed by atoms with E-state index in [1.807, 2.05) is 53.5 Å². The third-order valence-corrected chi connectivity index (χ3v) is 4.22. The van der Waals surface area contributed by atoms with E-state index >= 15 is 0 Å². The van der Waals surface area contributed by atoms with E-state index in [0.29, 0.717) is 0 Å². The average molecular weight is 322 g/mol. The first kappa shape index (κ1) is 16.2. The lowest BCUT2D eigenvalue weighted by Gasteiger charge is -2.33. The van der Waals surface area contributed by atoms with Crippen LogP contribution in [0.5, 0.6) is 0 Å². The molecule has 1 aliphatic rings. The van der Waals surface area contributed by atoms with Gasteiger partial charge in [-0.15, -0.1) is 5.11 Å². The minimum Gasteiger partial charge on any atom is -0.368 e. The Morgan fingerprint density at radius 2 is 1.54 bits per heavy atom. The third kappa shape index (κ3) is 3.98. The summed E-state index contributed by atoms with van der Waals surface area (Å²) < 4.78 is 0. The molecule has 3 rings (SSSR count). The van der Waals surface area contributed by atoms with Crippen LogP contribution in [0, 0.1) is 6.92 Å². The normalized spacial score (nSPS) is 15.1. The fourth-order valence-corrected chi connectivity index (χ4v) is 2.68. The second-order valence-electron chi connectivity index (χ2n) is 6.07. The molecule has 0 bridgehead atoms. The molecule has 2 aromatic rings. The number of anilines is 1. The molecule has 0 radical (unpaired) electrons. The van der Waals surface area contributed by atoms with Gasteiger partial charge in [-0.3, -0.25) is 9.80 Å². The van der Waals surface area contributed by atoms with Crippen LogP contribution in [0.2, 0.25) is 0 Å². The molecule has 0 saturated carbocycles.